The summed E-state index contributed by atoms with van der Waals surface area (Å²) < 4.78 is 0. The molecule has 2 aliphatic heterocycles. The van der Waals surface area contributed by atoms with E-state index in [0.717, 1.165) is 18.0 Å². The molecule has 0 aromatic carbocycles. The predicted octanol–water partition coefficient (Wildman–Crippen LogP) is 1.40. The molecule has 0 aromatic rings. The van der Waals surface area contributed by atoms with Gasteiger partial charge in [0.1, 0.15) is 0 Å². The van der Waals surface area contributed by atoms with Crippen molar-refractivity contribution in [2.24, 2.45) is 5.92 Å². The fraction of sp³-hybridized carbons (Fsp3) is 1.00. The van der Waals surface area contributed by atoms with Crippen molar-refractivity contribution in [3.63, 3.8) is 0 Å². The Morgan fingerprint density at radius 1 is 1.29 bits per heavy atom. The number of likely N-dealkylation sites (N-methyl/N-ethyl adjacent to an activating group) is 1. The van der Waals surface area contributed by atoms with Crippen LogP contribution in [0.1, 0.15) is 33.1 Å². The van der Waals surface area contributed by atoms with Crippen LogP contribution in [0.3, 0.4) is 0 Å². The molecule has 3 unspecified atom stereocenters. The summed E-state index contributed by atoms with van der Waals surface area (Å²) in [7, 11) is 2.27. The first-order valence-electron chi connectivity index (χ1n) is 7.35. The third-order valence-corrected chi connectivity index (χ3v) is 4.57. The molecule has 0 aliphatic carbocycles. The second kappa shape index (κ2) is 6.17. The van der Waals surface area contributed by atoms with E-state index in [-0.39, 0.29) is 0 Å². The minimum absolute atomic E-state index is 0.736. The Hall–Kier alpha value is -0.120. The largest absolute Gasteiger partial charge is 0.313 e. The number of nitrogens with zero attached hydrogens (tertiary/aromatic N) is 2. The summed E-state index contributed by atoms with van der Waals surface area (Å²) in [6.07, 6.45) is 4.00. The summed E-state index contributed by atoms with van der Waals surface area (Å²) in [6.45, 7) is 10.9. The lowest BCUT2D eigenvalue weighted by Crippen LogP contribution is -2.55. The molecule has 2 heterocycles. The van der Waals surface area contributed by atoms with E-state index in [9.17, 15) is 0 Å². The highest BCUT2D eigenvalue weighted by Gasteiger charge is 2.26. The lowest BCUT2D eigenvalue weighted by Gasteiger charge is -2.41. The van der Waals surface area contributed by atoms with E-state index in [4.69, 9.17) is 0 Å². The first kappa shape index (κ1) is 13.3. The number of hydrogen-bond donors (Lipinski definition) is 1. The van der Waals surface area contributed by atoms with Crippen molar-refractivity contribution in [2.45, 2.75) is 45.2 Å². The van der Waals surface area contributed by atoms with Crippen molar-refractivity contribution >= 4 is 0 Å². The van der Waals surface area contributed by atoms with E-state index >= 15 is 0 Å². The first-order chi connectivity index (χ1) is 8.19. The molecule has 2 fully saturated rings. The summed E-state index contributed by atoms with van der Waals surface area (Å²) >= 11 is 0. The van der Waals surface area contributed by atoms with E-state index < -0.39 is 0 Å². The highest BCUT2D eigenvalue weighted by Crippen LogP contribution is 2.17. The molecule has 2 rings (SSSR count). The Balaban J connectivity index is 1.78. The molecule has 3 heteroatoms. The third-order valence-electron chi connectivity index (χ3n) is 4.57. The Morgan fingerprint density at radius 3 is 2.82 bits per heavy atom. The molecule has 2 aliphatic rings. The van der Waals surface area contributed by atoms with Crippen LogP contribution in [0, 0.1) is 5.92 Å². The summed E-state index contributed by atoms with van der Waals surface area (Å²) in [5, 5.41) is 3.69. The molecule has 0 amide bonds. The Labute approximate surface area is 107 Å². The van der Waals surface area contributed by atoms with Crippen LogP contribution in [0.5, 0.6) is 0 Å². The SMILES string of the molecule is CCC1CN(CC2CC(C)CCN2)CCN1C. The molecule has 17 heavy (non-hydrogen) atoms. The van der Waals surface area contributed by atoms with E-state index in [1.807, 2.05) is 0 Å². The molecule has 100 valence electrons. The van der Waals surface area contributed by atoms with Gasteiger partial charge in [0.15, 0.2) is 0 Å². The van der Waals surface area contributed by atoms with Crippen LogP contribution >= 0.6 is 0 Å². The predicted molar refractivity (Wildman–Crippen MR) is 73.3 cm³/mol. The summed E-state index contributed by atoms with van der Waals surface area (Å²) in [5.41, 5.74) is 0. The Bertz CT molecular complexity index is 232. The van der Waals surface area contributed by atoms with E-state index in [2.05, 4.69) is 36.0 Å². The van der Waals surface area contributed by atoms with Gasteiger partial charge in [-0.05, 0) is 38.8 Å². The van der Waals surface area contributed by atoms with Crippen molar-refractivity contribution in [1.82, 2.24) is 15.1 Å². The molecule has 0 radical (unpaired) electrons. The molecule has 2 saturated heterocycles. The van der Waals surface area contributed by atoms with Crippen LogP contribution in [0.2, 0.25) is 0 Å². The number of piperazine rings is 1. The second-order valence-electron chi connectivity index (χ2n) is 6.08. The maximum Gasteiger partial charge on any atom is 0.0218 e. The van der Waals surface area contributed by atoms with E-state index in [0.29, 0.717) is 0 Å². The lowest BCUT2D eigenvalue weighted by molar-refractivity contribution is 0.0806. The number of rotatable bonds is 3. The van der Waals surface area contributed by atoms with Gasteiger partial charge >= 0.3 is 0 Å². The highest BCUT2D eigenvalue weighted by molar-refractivity contribution is 4.84. The molecule has 0 bridgehead atoms. The monoisotopic (exact) mass is 239 g/mol. The van der Waals surface area contributed by atoms with Gasteiger partial charge in [0.05, 0.1) is 0 Å². The van der Waals surface area contributed by atoms with Crippen LogP contribution in [-0.4, -0.2) is 61.7 Å². The second-order valence-corrected chi connectivity index (χ2v) is 6.08. The normalized spacial score (nSPS) is 37.2. The van der Waals surface area contributed by atoms with Crippen LogP contribution in [0.25, 0.3) is 0 Å². The molecule has 3 nitrogen and oxygen atoms in total. The summed E-state index contributed by atoms with van der Waals surface area (Å²) in [5.74, 6) is 0.913. The Kier molecular flexibility index (Phi) is 4.83. The molecular formula is C14H29N3. The third kappa shape index (κ3) is 3.67. The number of nitrogens with one attached hydrogen (secondary N) is 1. The smallest absolute Gasteiger partial charge is 0.0218 e. The zero-order valence-electron chi connectivity index (χ0n) is 11.8. The quantitative estimate of drug-likeness (QED) is 0.803. The maximum absolute atomic E-state index is 3.69. The van der Waals surface area contributed by atoms with E-state index in [1.165, 1.54) is 52.0 Å². The molecule has 3 atom stereocenters. The van der Waals surface area contributed by atoms with Crippen molar-refractivity contribution in [3.8, 4) is 0 Å². The molecule has 0 aromatic heterocycles. The van der Waals surface area contributed by atoms with Crippen LogP contribution in [-0.2, 0) is 0 Å². The number of hydrogen-bond acceptors (Lipinski definition) is 3. The first-order valence-corrected chi connectivity index (χ1v) is 7.35. The minimum Gasteiger partial charge on any atom is -0.313 e. The van der Waals surface area contributed by atoms with Gasteiger partial charge in [-0.2, -0.15) is 0 Å². The van der Waals surface area contributed by atoms with Crippen LogP contribution < -0.4 is 5.32 Å². The van der Waals surface area contributed by atoms with E-state index in [1.54, 1.807) is 0 Å². The van der Waals surface area contributed by atoms with Crippen molar-refractivity contribution in [1.29, 1.82) is 0 Å². The van der Waals surface area contributed by atoms with Gasteiger partial charge in [-0.3, -0.25) is 4.90 Å². The Morgan fingerprint density at radius 2 is 2.12 bits per heavy atom. The summed E-state index contributed by atoms with van der Waals surface area (Å²) in [6, 6.07) is 1.50. The van der Waals surface area contributed by atoms with Crippen molar-refractivity contribution < 1.29 is 0 Å². The van der Waals surface area contributed by atoms with Gasteiger partial charge in [0, 0.05) is 38.3 Å². The van der Waals surface area contributed by atoms with Gasteiger partial charge in [-0.25, -0.2) is 0 Å². The topological polar surface area (TPSA) is 18.5 Å². The fourth-order valence-corrected chi connectivity index (χ4v) is 3.29. The number of piperidine rings is 1. The average Bonchev–Trinajstić information content (AvgIpc) is 2.32. The highest BCUT2D eigenvalue weighted by atomic mass is 15.3. The fourth-order valence-electron chi connectivity index (χ4n) is 3.29. The molecule has 1 N–H and O–H groups in total. The van der Waals surface area contributed by atoms with Crippen LogP contribution in [0.4, 0.5) is 0 Å². The van der Waals surface area contributed by atoms with Gasteiger partial charge < -0.3 is 10.2 Å². The van der Waals surface area contributed by atoms with Gasteiger partial charge in [-0.15, -0.1) is 0 Å². The molecular weight excluding hydrogens is 210 g/mol. The lowest BCUT2D eigenvalue weighted by atomic mass is 9.94. The van der Waals surface area contributed by atoms with Crippen LogP contribution in [0.15, 0.2) is 0 Å². The average molecular weight is 239 g/mol. The molecule has 0 saturated carbocycles. The van der Waals surface area contributed by atoms with Crippen molar-refractivity contribution in [2.75, 3.05) is 39.8 Å². The maximum atomic E-state index is 3.69. The summed E-state index contributed by atoms with van der Waals surface area (Å²) in [4.78, 5) is 5.19. The van der Waals surface area contributed by atoms with Gasteiger partial charge in [-0.1, -0.05) is 13.8 Å². The zero-order valence-corrected chi connectivity index (χ0v) is 11.8. The molecule has 0 spiro atoms. The van der Waals surface area contributed by atoms with Crippen molar-refractivity contribution in [3.05, 3.63) is 0 Å². The minimum atomic E-state index is 0.736. The standard InChI is InChI=1S/C14H29N3/c1-4-14-11-17(8-7-16(14)3)10-13-9-12(2)5-6-15-13/h12-15H,4-11H2,1-3H3. The zero-order chi connectivity index (χ0) is 12.3. The van der Waals surface area contributed by atoms with Gasteiger partial charge in [0.25, 0.3) is 0 Å². The van der Waals surface area contributed by atoms with Gasteiger partial charge in [0.2, 0.25) is 0 Å².